The summed E-state index contributed by atoms with van der Waals surface area (Å²) in [7, 11) is -0.207. The molecule has 0 fully saturated rings. The van der Waals surface area contributed by atoms with Crippen molar-refractivity contribution in [2.24, 2.45) is 0 Å². The summed E-state index contributed by atoms with van der Waals surface area (Å²) in [5.74, 6) is 0. The van der Waals surface area contributed by atoms with Crippen LogP contribution in [-0.2, 0) is 8.85 Å². The summed E-state index contributed by atoms with van der Waals surface area (Å²) in [6.07, 6.45) is 3.43. The fourth-order valence-electron chi connectivity index (χ4n) is 1.50. The van der Waals surface area contributed by atoms with Gasteiger partial charge < -0.3 is 8.85 Å². The van der Waals surface area contributed by atoms with E-state index < -0.39 is 8.56 Å². The van der Waals surface area contributed by atoms with E-state index in [1.807, 2.05) is 0 Å². The van der Waals surface area contributed by atoms with Crippen LogP contribution in [0.3, 0.4) is 0 Å². The fourth-order valence-corrected chi connectivity index (χ4v) is 5.31. The van der Waals surface area contributed by atoms with Gasteiger partial charge in [-0.1, -0.05) is 47.3 Å². The van der Waals surface area contributed by atoms with Gasteiger partial charge in [0.2, 0.25) is 0 Å². The molecular formula is C9H20BrClO2Si. The molecule has 0 saturated heterocycles. The fraction of sp³-hybridized carbons (Fsp3) is 1.00. The first-order valence-electron chi connectivity index (χ1n) is 5.05. The molecular weight excluding hydrogens is 284 g/mol. The highest BCUT2D eigenvalue weighted by molar-refractivity contribution is 9.09. The first-order valence-corrected chi connectivity index (χ1v) is 8.94. The summed E-state index contributed by atoms with van der Waals surface area (Å²) in [4.78, 5) is 0. The highest BCUT2D eigenvalue weighted by Gasteiger charge is 2.34. The molecule has 14 heavy (non-hydrogen) atoms. The SMILES string of the molecule is CCC[Si](CCCCBr)(OC)OCCl. The van der Waals surface area contributed by atoms with Crippen molar-refractivity contribution in [2.75, 3.05) is 18.5 Å². The van der Waals surface area contributed by atoms with Crippen LogP contribution >= 0.6 is 27.5 Å². The first-order chi connectivity index (χ1) is 6.74. The van der Waals surface area contributed by atoms with Crippen molar-refractivity contribution >= 4 is 36.1 Å². The highest BCUT2D eigenvalue weighted by atomic mass is 79.9. The molecule has 2 nitrogen and oxygen atoms in total. The molecule has 0 bridgehead atoms. The van der Waals surface area contributed by atoms with Crippen molar-refractivity contribution in [3.8, 4) is 0 Å². The van der Waals surface area contributed by atoms with Crippen LogP contribution in [0.15, 0.2) is 0 Å². The zero-order valence-corrected chi connectivity index (χ0v) is 12.4. The maximum atomic E-state index is 5.64. The van der Waals surface area contributed by atoms with Gasteiger partial charge in [0.1, 0.15) is 6.07 Å². The van der Waals surface area contributed by atoms with Gasteiger partial charge in [0.25, 0.3) is 0 Å². The molecule has 1 atom stereocenters. The van der Waals surface area contributed by atoms with Crippen LogP contribution < -0.4 is 0 Å². The minimum atomic E-state index is -1.96. The van der Waals surface area contributed by atoms with Crippen LogP contribution in [0, 0.1) is 0 Å². The van der Waals surface area contributed by atoms with Crippen LogP contribution in [0.5, 0.6) is 0 Å². The van der Waals surface area contributed by atoms with Gasteiger partial charge in [-0.2, -0.15) is 0 Å². The average Bonchev–Trinajstić information content (AvgIpc) is 2.19. The van der Waals surface area contributed by atoms with Crippen LogP contribution in [0.25, 0.3) is 0 Å². The molecule has 1 unspecified atom stereocenters. The standard InChI is InChI=1S/C9H20BrClO2Si/c1-3-7-14(12-2,13-9-11)8-5-4-6-10/h3-9H2,1-2H3. The zero-order chi connectivity index (χ0) is 10.9. The Bertz CT molecular complexity index is 132. The Hall–Kier alpha value is 0.907. The average molecular weight is 304 g/mol. The number of hydrogen-bond acceptors (Lipinski definition) is 2. The Kier molecular flexibility index (Phi) is 9.75. The maximum Gasteiger partial charge on any atom is 0.338 e. The minimum absolute atomic E-state index is 0.258. The Morgan fingerprint density at radius 3 is 2.43 bits per heavy atom. The third-order valence-corrected chi connectivity index (χ3v) is 6.91. The highest BCUT2D eigenvalue weighted by Crippen LogP contribution is 2.23. The molecule has 0 aromatic carbocycles. The Balaban J connectivity index is 4.03. The van der Waals surface area contributed by atoms with Crippen molar-refractivity contribution in [3.05, 3.63) is 0 Å². The van der Waals surface area contributed by atoms with Crippen molar-refractivity contribution in [3.63, 3.8) is 0 Å². The molecule has 0 aliphatic rings. The second-order valence-electron chi connectivity index (χ2n) is 3.26. The molecule has 0 heterocycles. The van der Waals surface area contributed by atoms with Crippen molar-refractivity contribution in [1.82, 2.24) is 0 Å². The molecule has 0 N–H and O–H groups in total. The van der Waals surface area contributed by atoms with Crippen LogP contribution in [0.4, 0.5) is 0 Å². The molecule has 0 amide bonds. The molecule has 0 aromatic heterocycles. The lowest BCUT2D eigenvalue weighted by molar-refractivity contribution is 0.228. The van der Waals surface area contributed by atoms with Gasteiger partial charge in [0.05, 0.1) is 0 Å². The predicted molar refractivity (Wildman–Crippen MR) is 67.5 cm³/mol. The number of hydrogen-bond donors (Lipinski definition) is 0. The van der Waals surface area contributed by atoms with Crippen LogP contribution in [0.1, 0.15) is 26.2 Å². The van der Waals surface area contributed by atoms with E-state index in [9.17, 15) is 0 Å². The van der Waals surface area contributed by atoms with E-state index in [0.29, 0.717) is 0 Å². The number of rotatable bonds is 9. The lowest BCUT2D eigenvalue weighted by Gasteiger charge is -2.27. The molecule has 5 heteroatoms. The normalized spacial score (nSPS) is 15.4. The van der Waals surface area contributed by atoms with Gasteiger partial charge in [-0.25, -0.2) is 0 Å². The zero-order valence-electron chi connectivity index (χ0n) is 9.02. The van der Waals surface area contributed by atoms with E-state index in [1.54, 1.807) is 7.11 Å². The van der Waals surface area contributed by atoms with Gasteiger partial charge >= 0.3 is 8.56 Å². The molecule has 0 saturated carbocycles. The second-order valence-corrected chi connectivity index (χ2v) is 7.79. The topological polar surface area (TPSA) is 18.5 Å². The first kappa shape index (κ1) is 14.9. The molecule has 0 aliphatic heterocycles. The van der Waals surface area contributed by atoms with E-state index >= 15 is 0 Å². The monoisotopic (exact) mass is 302 g/mol. The molecule has 0 aliphatic carbocycles. The summed E-state index contributed by atoms with van der Waals surface area (Å²) >= 11 is 9.06. The third kappa shape index (κ3) is 5.71. The summed E-state index contributed by atoms with van der Waals surface area (Å²) in [6.45, 7) is 2.16. The van der Waals surface area contributed by atoms with E-state index in [1.165, 1.54) is 6.42 Å². The van der Waals surface area contributed by atoms with Gasteiger partial charge in [-0.3, -0.25) is 0 Å². The van der Waals surface area contributed by atoms with Crippen molar-refractivity contribution in [2.45, 2.75) is 38.3 Å². The number of alkyl halides is 2. The molecule has 0 radical (unpaired) electrons. The number of unbranched alkanes of at least 4 members (excludes halogenated alkanes) is 1. The van der Waals surface area contributed by atoms with E-state index in [4.69, 9.17) is 20.5 Å². The van der Waals surface area contributed by atoms with E-state index in [0.717, 1.165) is 30.3 Å². The summed E-state index contributed by atoms with van der Waals surface area (Å²) < 4.78 is 11.2. The second kappa shape index (κ2) is 9.16. The molecule has 0 rings (SSSR count). The van der Waals surface area contributed by atoms with Gasteiger partial charge in [0, 0.05) is 12.4 Å². The summed E-state index contributed by atoms with van der Waals surface area (Å²) in [5, 5.41) is 1.05. The van der Waals surface area contributed by atoms with E-state index in [2.05, 4.69) is 22.9 Å². The van der Waals surface area contributed by atoms with Crippen LogP contribution in [0.2, 0.25) is 12.1 Å². The van der Waals surface area contributed by atoms with Crippen LogP contribution in [-0.4, -0.2) is 27.1 Å². The Labute approximate surface area is 102 Å². The summed E-state index contributed by atoms with van der Waals surface area (Å²) in [6, 6.07) is 2.35. The lowest BCUT2D eigenvalue weighted by Crippen LogP contribution is -2.40. The number of halogens is 2. The Morgan fingerprint density at radius 2 is 2.00 bits per heavy atom. The molecule has 0 spiro atoms. The van der Waals surface area contributed by atoms with Gasteiger partial charge in [0.15, 0.2) is 0 Å². The largest absolute Gasteiger partial charge is 0.398 e. The molecule has 0 aromatic rings. The minimum Gasteiger partial charge on any atom is -0.398 e. The lowest BCUT2D eigenvalue weighted by atomic mass is 10.4. The van der Waals surface area contributed by atoms with E-state index in [-0.39, 0.29) is 6.07 Å². The van der Waals surface area contributed by atoms with Crippen molar-refractivity contribution in [1.29, 1.82) is 0 Å². The van der Waals surface area contributed by atoms with Crippen molar-refractivity contribution < 1.29 is 8.85 Å². The van der Waals surface area contributed by atoms with Gasteiger partial charge in [-0.15, -0.1) is 0 Å². The quantitative estimate of drug-likeness (QED) is 0.366. The molecule has 86 valence electrons. The Morgan fingerprint density at radius 1 is 1.29 bits per heavy atom. The smallest absolute Gasteiger partial charge is 0.338 e. The van der Waals surface area contributed by atoms with Gasteiger partial charge in [-0.05, 0) is 18.5 Å². The maximum absolute atomic E-state index is 5.64. The third-order valence-electron chi connectivity index (χ3n) is 2.26. The predicted octanol–water partition coefficient (Wildman–Crippen LogP) is 3.87. The summed E-state index contributed by atoms with van der Waals surface area (Å²) in [5.41, 5.74) is 0.